The van der Waals surface area contributed by atoms with Crippen molar-refractivity contribution in [2.45, 2.75) is 68.3 Å². The number of aromatic nitrogens is 4. The molecule has 0 spiro atoms. The molecule has 0 saturated carbocycles. The Morgan fingerprint density at radius 1 is 1.34 bits per heavy atom. The predicted molar refractivity (Wildman–Crippen MR) is 117 cm³/mol. The normalized spacial score (nSPS) is 34.0. The second kappa shape index (κ2) is 8.41. The average Bonchev–Trinajstić information content (AvgIpc) is 3.43. The molecule has 12 heteroatoms. The van der Waals surface area contributed by atoms with Gasteiger partial charge in [-0.25, -0.2) is 15.0 Å². The summed E-state index contributed by atoms with van der Waals surface area (Å²) in [6, 6.07) is -0.260. The standard InChI is InChI=1S/C20H28N6O5S/c1-20(2)30-14-12(7-32-10-4-5-22-11(6-10)19(27)28-3)29-18(15(14)31-20)26-9-25-13-16(21)23-8-24-17(13)26/h8-12,14-15,18,22H,4-7H2,1-3H3,(H2,21,23,24)/t10?,11?,12-,14?,15?,18-/m1/s1. The highest BCUT2D eigenvalue weighted by Crippen LogP contribution is 2.45. The molecule has 0 radical (unpaired) electrons. The topological polar surface area (TPSA) is 136 Å². The summed E-state index contributed by atoms with van der Waals surface area (Å²) in [5, 5.41) is 3.56. The molecule has 3 saturated heterocycles. The molecule has 2 aromatic rings. The van der Waals surface area contributed by atoms with Crippen LogP contribution in [0.3, 0.4) is 0 Å². The van der Waals surface area contributed by atoms with Gasteiger partial charge in [0, 0.05) is 11.0 Å². The van der Waals surface area contributed by atoms with Crippen molar-refractivity contribution >= 4 is 34.7 Å². The summed E-state index contributed by atoms with van der Waals surface area (Å²) in [7, 11) is 1.42. The highest BCUT2D eigenvalue weighted by molar-refractivity contribution is 7.99. The fraction of sp³-hybridized carbons (Fsp3) is 0.700. The number of carbonyl (C=O) groups excluding carboxylic acids is 1. The molecule has 5 heterocycles. The van der Waals surface area contributed by atoms with Crippen molar-refractivity contribution < 1.29 is 23.7 Å². The van der Waals surface area contributed by atoms with Gasteiger partial charge in [0.1, 0.15) is 30.1 Å². The minimum Gasteiger partial charge on any atom is -0.468 e. The van der Waals surface area contributed by atoms with Crippen LogP contribution in [0, 0.1) is 0 Å². The van der Waals surface area contributed by atoms with Gasteiger partial charge in [-0.05, 0) is 33.2 Å². The molecule has 174 valence electrons. The smallest absolute Gasteiger partial charge is 0.322 e. The monoisotopic (exact) mass is 464 g/mol. The van der Waals surface area contributed by atoms with E-state index in [1.807, 2.05) is 18.4 Å². The highest BCUT2D eigenvalue weighted by atomic mass is 32.2. The number of fused-ring (bicyclic) bond motifs is 2. The van der Waals surface area contributed by atoms with Gasteiger partial charge in [0.2, 0.25) is 0 Å². The Kier molecular flexibility index (Phi) is 5.74. The largest absolute Gasteiger partial charge is 0.468 e. The summed E-state index contributed by atoms with van der Waals surface area (Å²) in [5.74, 6) is 0.120. The van der Waals surface area contributed by atoms with Crippen LogP contribution in [0.5, 0.6) is 0 Å². The van der Waals surface area contributed by atoms with Gasteiger partial charge in [-0.3, -0.25) is 9.36 Å². The van der Waals surface area contributed by atoms with E-state index in [-0.39, 0.29) is 30.3 Å². The Labute approximate surface area is 189 Å². The van der Waals surface area contributed by atoms with Crippen LogP contribution in [-0.4, -0.2) is 80.3 Å². The molecule has 6 atom stereocenters. The van der Waals surface area contributed by atoms with Crippen molar-refractivity contribution in [2.24, 2.45) is 0 Å². The maximum Gasteiger partial charge on any atom is 0.322 e. The molecule has 4 unspecified atom stereocenters. The summed E-state index contributed by atoms with van der Waals surface area (Å²) in [6.07, 6.45) is 3.63. The number of ether oxygens (including phenoxy) is 4. The summed E-state index contributed by atoms with van der Waals surface area (Å²) >= 11 is 1.80. The van der Waals surface area contributed by atoms with Crippen LogP contribution < -0.4 is 11.1 Å². The SMILES string of the molecule is COC(=O)C1CC(SC[C@H]2O[C@@H](n3cnc4c(N)ncnc43)C3OC(C)(C)OC32)CCN1. The van der Waals surface area contributed by atoms with Crippen LogP contribution in [0.25, 0.3) is 11.2 Å². The molecule has 5 rings (SSSR count). The van der Waals surface area contributed by atoms with E-state index in [4.69, 9.17) is 24.7 Å². The number of nitrogens with zero attached hydrogens (tertiary/aromatic N) is 4. The van der Waals surface area contributed by atoms with Gasteiger partial charge in [-0.15, -0.1) is 0 Å². The van der Waals surface area contributed by atoms with Gasteiger partial charge in [0.25, 0.3) is 0 Å². The third-order valence-electron chi connectivity index (χ3n) is 6.12. The van der Waals surface area contributed by atoms with Crippen molar-refractivity contribution in [1.82, 2.24) is 24.8 Å². The molecular formula is C20H28N6O5S. The van der Waals surface area contributed by atoms with E-state index in [1.165, 1.54) is 13.4 Å². The Morgan fingerprint density at radius 2 is 2.16 bits per heavy atom. The Balaban J connectivity index is 1.33. The number of nitrogens with two attached hydrogens (primary N) is 1. The maximum absolute atomic E-state index is 11.9. The van der Waals surface area contributed by atoms with Crippen molar-refractivity contribution in [3.63, 3.8) is 0 Å². The maximum atomic E-state index is 11.9. The molecular weight excluding hydrogens is 436 g/mol. The van der Waals surface area contributed by atoms with Crippen LogP contribution in [0.15, 0.2) is 12.7 Å². The van der Waals surface area contributed by atoms with Crippen molar-refractivity contribution in [3.05, 3.63) is 12.7 Å². The lowest BCUT2D eigenvalue weighted by Gasteiger charge is -2.29. The predicted octanol–water partition coefficient (Wildman–Crippen LogP) is 0.853. The molecule has 3 N–H and O–H groups in total. The Bertz CT molecular complexity index is 1000. The Hall–Kier alpha value is -1.99. The lowest BCUT2D eigenvalue weighted by Crippen LogP contribution is -2.45. The molecule has 0 amide bonds. The van der Waals surface area contributed by atoms with Crippen LogP contribution in [0.1, 0.15) is 32.9 Å². The van der Waals surface area contributed by atoms with E-state index >= 15 is 0 Å². The quantitative estimate of drug-likeness (QED) is 0.610. The van der Waals surface area contributed by atoms with E-state index in [9.17, 15) is 4.79 Å². The second-order valence-corrected chi connectivity index (χ2v) is 10.1. The first-order valence-corrected chi connectivity index (χ1v) is 11.8. The fourth-order valence-electron chi connectivity index (χ4n) is 4.66. The van der Waals surface area contributed by atoms with Gasteiger partial charge in [-0.2, -0.15) is 11.8 Å². The number of piperidine rings is 1. The van der Waals surface area contributed by atoms with Crippen LogP contribution in [-0.2, 0) is 23.7 Å². The van der Waals surface area contributed by atoms with Gasteiger partial charge >= 0.3 is 5.97 Å². The summed E-state index contributed by atoms with van der Waals surface area (Å²) in [6.45, 7) is 4.60. The Morgan fingerprint density at radius 3 is 2.97 bits per heavy atom. The van der Waals surface area contributed by atoms with Crippen LogP contribution in [0.2, 0.25) is 0 Å². The summed E-state index contributed by atoms with van der Waals surface area (Å²) in [4.78, 5) is 24.6. The van der Waals surface area contributed by atoms with E-state index in [1.54, 1.807) is 18.1 Å². The molecule has 11 nitrogen and oxygen atoms in total. The molecule has 0 bridgehead atoms. The summed E-state index contributed by atoms with van der Waals surface area (Å²) < 4.78 is 25.6. The highest BCUT2D eigenvalue weighted by Gasteiger charge is 2.56. The summed E-state index contributed by atoms with van der Waals surface area (Å²) in [5.41, 5.74) is 7.09. The number of thioether (sulfide) groups is 1. The second-order valence-electron chi connectivity index (χ2n) is 8.72. The molecule has 32 heavy (non-hydrogen) atoms. The van der Waals surface area contributed by atoms with Crippen molar-refractivity contribution in [1.29, 1.82) is 0 Å². The third-order valence-corrected chi connectivity index (χ3v) is 7.54. The van der Waals surface area contributed by atoms with Gasteiger partial charge in [0.05, 0.1) is 19.5 Å². The number of esters is 1. The zero-order valence-corrected chi connectivity index (χ0v) is 19.1. The fourth-order valence-corrected chi connectivity index (χ4v) is 6.00. The number of rotatable bonds is 5. The molecule has 0 aromatic carbocycles. The number of nitrogen functional groups attached to an aromatic ring is 1. The first kappa shape index (κ1) is 21.8. The van der Waals surface area contributed by atoms with E-state index in [2.05, 4.69) is 20.3 Å². The number of anilines is 1. The molecule has 3 fully saturated rings. The number of carbonyl (C=O) groups is 1. The zero-order chi connectivity index (χ0) is 22.5. The zero-order valence-electron chi connectivity index (χ0n) is 18.3. The minimum atomic E-state index is -0.713. The van der Waals surface area contributed by atoms with Crippen LogP contribution in [0.4, 0.5) is 5.82 Å². The van der Waals surface area contributed by atoms with Gasteiger partial charge in [0.15, 0.2) is 23.5 Å². The van der Waals surface area contributed by atoms with E-state index in [0.29, 0.717) is 22.2 Å². The lowest BCUT2D eigenvalue weighted by atomic mass is 10.0. The number of methoxy groups -OCH3 is 1. The van der Waals surface area contributed by atoms with Gasteiger partial charge < -0.3 is 30.0 Å². The molecule has 3 aliphatic heterocycles. The van der Waals surface area contributed by atoms with Gasteiger partial charge in [-0.1, -0.05) is 0 Å². The molecule has 3 aliphatic rings. The number of nitrogens with one attached hydrogen (secondary N) is 1. The first-order valence-electron chi connectivity index (χ1n) is 10.7. The molecule has 2 aromatic heterocycles. The number of hydrogen-bond donors (Lipinski definition) is 2. The van der Waals surface area contributed by atoms with Crippen molar-refractivity contribution in [2.75, 3.05) is 25.1 Å². The van der Waals surface area contributed by atoms with E-state index < -0.39 is 12.0 Å². The number of imidazole rings is 1. The third kappa shape index (κ3) is 3.94. The van der Waals surface area contributed by atoms with Crippen LogP contribution >= 0.6 is 11.8 Å². The number of hydrogen-bond acceptors (Lipinski definition) is 11. The van der Waals surface area contributed by atoms with Crippen molar-refractivity contribution in [3.8, 4) is 0 Å². The minimum absolute atomic E-state index is 0.181. The lowest BCUT2D eigenvalue weighted by molar-refractivity contribution is -0.193. The average molecular weight is 465 g/mol. The first-order chi connectivity index (χ1) is 15.4. The van der Waals surface area contributed by atoms with E-state index in [0.717, 1.165) is 25.1 Å². The molecule has 0 aliphatic carbocycles.